The molecule has 1 heteroatoms. The lowest BCUT2D eigenvalue weighted by Crippen LogP contribution is -2.33. The van der Waals surface area contributed by atoms with Crippen molar-refractivity contribution in [1.29, 1.82) is 0 Å². The minimum atomic E-state index is 0.524. The number of rotatable bonds is 2. The molecule has 1 nitrogen and oxygen atoms in total. The first-order valence-corrected chi connectivity index (χ1v) is 6.73. The summed E-state index contributed by atoms with van der Waals surface area (Å²) in [6.45, 7) is 5.60. The van der Waals surface area contributed by atoms with E-state index >= 15 is 0 Å². The molecule has 0 saturated heterocycles. The van der Waals surface area contributed by atoms with Crippen LogP contribution in [0.15, 0.2) is 54.6 Å². The van der Waals surface area contributed by atoms with Crippen LogP contribution in [0.5, 0.6) is 0 Å². The number of likely N-dealkylation sites (N-methyl/N-ethyl adjacent to an activating group) is 1. The monoisotopic (exact) mass is 237 g/mol. The van der Waals surface area contributed by atoms with E-state index in [0.29, 0.717) is 5.92 Å². The van der Waals surface area contributed by atoms with Crippen molar-refractivity contribution in [1.82, 2.24) is 4.90 Å². The SMILES string of the molecule is CCN1Cc2ccccc2[C@H](c2ccccc2)C1. The van der Waals surface area contributed by atoms with Crippen LogP contribution in [0.4, 0.5) is 0 Å². The summed E-state index contributed by atoms with van der Waals surface area (Å²) in [4.78, 5) is 2.53. The van der Waals surface area contributed by atoms with E-state index in [1.807, 2.05) is 0 Å². The van der Waals surface area contributed by atoms with Gasteiger partial charge in [0.1, 0.15) is 0 Å². The third kappa shape index (κ3) is 2.06. The van der Waals surface area contributed by atoms with Crippen molar-refractivity contribution in [2.24, 2.45) is 0 Å². The first kappa shape index (κ1) is 11.5. The van der Waals surface area contributed by atoms with Gasteiger partial charge in [0.2, 0.25) is 0 Å². The molecule has 1 heterocycles. The molecule has 0 fully saturated rings. The molecule has 0 saturated carbocycles. The molecule has 1 atom stereocenters. The molecule has 1 aliphatic heterocycles. The fourth-order valence-corrected chi connectivity index (χ4v) is 2.89. The van der Waals surface area contributed by atoms with Crippen LogP contribution >= 0.6 is 0 Å². The number of fused-ring (bicyclic) bond motifs is 1. The van der Waals surface area contributed by atoms with Gasteiger partial charge in [0.15, 0.2) is 0 Å². The van der Waals surface area contributed by atoms with Crippen LogP contribution in [0.3, 0.4) is 0 Å². The van der Waals surface area contributed by atoms with Crippen LogP contribution < -0.4 is 0 Å². The van der Waals surface area contributed by atoms with Gasteiger partial charge in [0.05, 0.1) is 0 Å². The summed E-state index contributed by atoms with van der Waals surface area (Å²) in [7, 11) is 0. The van der Waals surface area contributed by atoms with Gasteiger partial charge in [0, 0.05) is 19.0 Å². The van der Waals surface area contributed by atoms with Crippen LogP contribution in [0.25, 0.3) is 0 Å². The largest absolute Gasteiger partial charge is 0.298 e. The maximum atomic E-state index is 2.53. The van der Waals surface area contributed by atoms with Gasteiger partial charge in [0.25, 0.3) is 0 Å². The Morgan fingerprint density at radius 2 is 1.72 bits per heavy atom. The molecule has 3 rings (SSSR count). The Morgan fingerprint density at radius 1 is 1.00 bits per heavy atom. The summed E-state index contributed by atoms with van der Waals surface area (Å²) >= 11 is 0. The van der Waals surface area contributed by atoms with E-state index in [2.05, 4.69) is 66.4 Å². The summed E-state index contributed by atoms with van der Waals surface area (Å²) in [5, 5.41) is 0. The van der Waals surface area contributed by atoms with Crippen molar-refractivity contribution in [2.75, 3.05) is 13.1 Å². The molecule has 0 amide bonds. The second kappa shape index (κ2) is 4.95. The lowest BCUT2D eigenvalue weighted by Gasteiger charge is -2.34. The topological polar surface area (TPSA) is 3.24 Å². The summed E-state index contributed by atoms with van der Waals surface area (Å²) in [5.41, 5.74) is 4.43. The van der Waals surface area contributed by atoms with E-state index in [1.165, 1.54) is 16.7 Å². The first-order chi connectivity index (χ1) is 8.88. The smallest absolute Gasteiger partial charge is 0.0236 e. The van der Waals surface area contributed by atoms with E-state index in [1.54, 1.807) is 0 Å². The Kier molecular flexibility index (Phi) is 3.16. The van der Waals surface area contributed by atoms with Crippen LogP contribution in [0.1, 0.15) is 29.5 Å². The zero-order chi connectivity index (χ0) is 12.4. The molecule has 0 aromatic heterocycles. The standard InChI is InChI=1S/C17H19N/c1-2-18-12-15-10-6-7-11-16(15)17(13-18)14-8-4-3-5-9-14/h3-11,17H,2,12-13H2,1H3/t17-/m0/s1. The summed E-state index contributed by atoms with van der Waals surface area (Å²) in [6.07, 6.45) is 0. The van der Waals surface area contributed by atoms with Crippen molar-refractivity contribution in [3.63, 3.8) is 0 Å². The highest BCUT2D eigenvalue weighted by Crippen LogP contribution is 2.32. The molecule has 0 unspecified atom stereocenters. The molecule has 0 bridgehead atoms. The zero-order valence-electron chi connectivity index (χ0n) is 10.8. The molecule has 0 aliphatic carbocycles. The van der Waals surface area contributed by atoms with Gasteiger partial charge in [-0.25, -0.2) is 0 Å². The molecule has 2 aromatic rings. The molecule has 0 spiro atoms. The van der Waals surface area contributed by atoms with Crippen molar-refractivity contribution >= 4 is 0 Å². The predicted octanol–water partition coefficient (Wildman–Crippen LogP) is 3.65. The third-order valence-corrected chi connectivity index (χ3v) is 3.91. The van der Waals surface area contributed by atoms with Crippen LogP contribution in [-0.4, -0.2) is 18.0 Å². The number of benzene rings is 2. The Morgan fingerprint density at radius 3 is 2.50 bits per heavy atom. The second-order valence-electron chi connectivity index (χ2n) is 4.99. The van der Waals surface area contributed by atoms with Crippen molar-refractivity contribution in [3.8, 4) is 0 Å². The van der Waals surface area contributed by atoms with Gasteiger partial charge in [-0.15, -0.1) is 0 Å². The molecular formula is C17H19N. The number of hydrogen-bond donors (Lipinski definition) is 0. The Hall–Kier alpha value is -1.60. The third-order valence-electron chi connectivity index (χ3n) is 3.91. The summed E-state index contributed by atoms with van der Waals surface area (Å²) < 4.78 is 0. The van der Waals surface area contributed by atoms with Crippen molar-refractivity contribution in [2.45, 2.75) is 19.4 Å². The predicted molar refractivity (Wildman–Crippen MR) is 75.7 cm³/mol. The molecule has 1 aliphatic rings. The van der Waals surface area contributed by atoms with E-state index in [4.69, 9.17) is 0 Å². The summed E-state index contributed by atoms with van der Waals surface area (Å²) in [5.74, 6) is 0.524. The van der Waals surface area contributed by atoms with Gasteiger partial charge in [-0.3, -0.25) is 4.90 Å². The fourth-order valence-electron chi connectivity index (χ4n) is 2.89. The normalized spacial score (nSPS) is 19.5. The molecule has 2 aromatic carbocycles. The maximum absolute atomic E-state index is 2.53. The van der Waals surface area contributed by atoms with Gasteiger partial charge < -0.3 is 0 Å². The van der Waals surface area contributed by atoms with Crippen LogP contribution in [-0.2, 0) is 6.54 Å². The van der Waals surface area contributed by atoms with E-state index in [0.717, 1.165) is 19.6 Å². The quantitative estimate of drug-likeness (QED) is 0.770. The van der Waals surface area contributed by atoms with Crippen molar-refractivity contribution < 1.29 is 0 Å². The highest BCUT2D eigenvalue weighted by Gasteiger charge is 2.24. The van der Waals surface area contributed by atoms with Gasteiger partial charge in [-0.05, 0) is 23.2 Å². The molecule has 18 heavy (non-hydrogen) atoms. The van der Waals surface area contributed by atoms with Crippen LogP contribution in [0.2, 0.25) is 0 Å². The average molecular weight is 237 g/mol. The zero-order valence-corrected chi connectivity index (χ0v) is 10.8. The van der Waals surface area contributed by atoms with Gasteiger partial charge >= 0.3 is 0 Å². The molecular weight excluding hydrogens is 218 g/mol. The molecule has 0 radical (unpaired) electrons. The molecule has 0 N–H and O–H groups in total. The van der Waals surface area contributed by atoms with E-state index < -0.39 is 0 Å². The van der Waals surface area contributed by atoms with E-state index in [-0.39, 0.29) is 0 Å². The Labute approximate surface area is 109 Å². The first-order valence-electron chi connectivity index (χ1n) is 6.73. The lowest BCUT2D eigenvalue weighted by atomic mass is 9.85. The second-order valence-corrected chi connectivity index (χ2v) is 4.99. The minimum absolute atomic E-state index is 0.524. The van der Waals surface area contributed by atoms with Gasteiger partial charge in [-0.2, -0.15) is 0 Å². The lowest BCUT2D eigenvalue weighted by molar-refractivity contribution is 0.253. The minimum Gasteiger partial charge on any atom is -0.298 e. The highest BCUT2D eigenvalue weighted by molar-refractivity contribution is 5.40. The van der Waals surface area contributed by atoms with Gasteiger partial charge in [-0.1, -0.05) is 61.5 Å². The average Bonchev–Trinajstić information content (AvgIpc) is 2.47. The maximum Gasteiger partial charge on any atom is 0.0236 e. The highest BCUT2D eigenvalue weighted by atomic mass is 15.1. The number of hydrogen-bond acceptors (Lipinski definition) is 1. The van der Waals surface area contributed by atoms with E-state index in [9.17, 15) is 0 Å². The summed E-state index contributed by atoms with van der Waals surface area (Å²) in [6, 6.07) is 19.8. The van der Waals surface area contributed by atoms with Crippen molar-refractivity contribution in [3.05, 3.63) is 71.3 Å². The molecule has 92 valence electrons. The Balaban J connectivity index is 2.04. The fraction of sp³-hybridized carbons (Fsp3) is 0.294. The Bertz CT molecular complexity index is 518. The number of nitrogens with zero attached hydrogens (tertiary/aromatic N) is 1. The van der Waals surface area contributed by atoms with Crippen LogP contribution in [0, 0.1) is 0 Å².